The Bertz CT molecular complexity index is 567. The first-order valence-electron chi connectivity index (χ1n) is 7.55. The van der Waals surface area contributed by atoms with E-state index in [1.165, 1.54) is 25.2 Å². The van der Waals surface area contributed by atoms with Gasteiger partial charge in [-0.05, 0) is 31.3 Å². The van der Waals surface area contributed by atoms with Crippen molar-refractivity contribution in [3.05, 3.63) is 28.3 Å². The van der Waals surface area contributed by atoms with E-state index in [2.05, 4.69) is 9.79 Å². The molecule has 22 heavy (non-hydrogen) atoms. The molecule has 1 aromatic rings. The highest BCUT2D eigenvalue weighted by Crippen LogP contribution is 2.19. The van der Waals surface area contributed by atoms with E-state index in [1.54, 1.807) is 0 Å². The summed E-state index contributed by atoms with van der Waals surface area (Å²) in [6, 6.07) is 1.38. The number of nitrogens with zero attached hydrogens (tertiary/aromatic N) is 1. The molecule has 0 atom stereocenters. The molecular weight excluding hydrogens is 286 g/mol. The molecule has 6 nitrogen and oxygen atoms in total. The highest BCUT2D eigenvalue weighted by atomic mass is 17.2. The summed E-state index contributed by atoms with van der Waals surface area (Å²) in [4.78, 5) is 35.1. The number of likely N-dealkylation sites (tertiary alicyclic amines) is 1. The minimum Gasteiger partial charge on any atom is -0.464 e. The van der Waals surface area contributed by atoms with Crippen LogP contribution in [-0.2, 0) is 16.2 Å². The molecule has 122 valence electrons. The molecule has 0 spiro atoms. The summed E-state index contributed by atoms with van der Waals surface area (Å²) in [5, 5.41) is 0. The molecule has 6 heteroatoms. The number of rotatable bonds is 5. The average molecular weight is 309 g/mol. The minimum absolute atomic E-state index is 0.118. The molecule has 0 saturated carbocycles. The van der Waals surface area contributed by atoms with Crippen molar-refractivity contribution in [3.63, 3.8) is 0 Å². The highest BCUT2D eigenvalue weighted by Gasteiger charge is 2.19. The lowest BCUT2D eigenvalue weighted by Crippen LogP contribution is -2.20. The second kappa shape index (κ2) is 6.96. The van der Waals surface area contributed by atoms with Gasteiger partial charge in [0.15, 0.2) is 0 Å². The third-order valence-electron chi connectivity index (χ3n) is 3.33. The lowest BCUT2D eigenvalue weighted by atomic mass is 9.93. The van der Waals surface area contributed by atoms with E-state index < -0.39 is 5.97 Å². The molecule has 2 heterocycles. The van der Waals surface area contributed by atoms with Crippen LogP contribution in [0.2, 0.25) is 0 Å². The highest BCUT2D eigenvalue weighted by molar-refractivity contribution is 5.69. The third-order valence-corrected chi connectivity index (χ3v) is 3.33. The van der Waals surface area contributed by atoms with E-state index in [4.69, 9.17) is 9.30 Å². The molecule has 0 aliphatic carbocycles. The molecule has 1 aliphatic heterocycles. The predicted molar refractivity (Wildman–Crippen MR) is 80.3 cm³/mol. The second-order valence-electron chi connectivity index (χ2n) is 6.83. The zero-order chi connectivity index (χ0) is 16.2. The van der Waals surface area contributed by atoms with Crippen LogP contribution in [0.4, 0.5) is 0 Å². The Morgan fingerprint density at radius 2 is 2.00 bits per heavy atom. The van der Waals surface area contributed by atoms with E-state index in [1.807, 2.05) is 20.8 Å². The van der Waals surface area contributed by atoms with Gasteiger partial charge in [-0.3, -0.25) is 19.5 Å². The van der Waals surface area contributed by atoms with Crippen LogP contribution in [0.25, 0.3) is 0 Å². The fourth-order valence-corrected chi connectivity index (χ4v) is 2.30. The first-order valence-corrected chi connectivity index (χ1v) is 7.55. The Morgan fingerprint density at radius 1 is 1.32 bits per heavy atom. The first-order chi connectivity index (χ1) is 10.3. The lowest BCUT2D eigenvalue weighted by Gasteiger charge is -2.15. The average Bonchev–Trinajstić information content (AvgIpc) is 2.88. The fraction of sp³-hybridized carbons (Fsp3) is 0.625. The van der Waals surface area contributed by atoms with Crippen molar-refractivity contribution >= 4 is 5.97 Å². The van der Waals surface area contributed by atoms with Gasteiger partial charge in [-0.2, -0.15) is 0 Å². The summed E-state index contributed by atoms with van der Waals surface area (Å²) in [6.07, 6.45) is 3.74. The summed E-state index contributed by atoms with van der Waals surface area (Å²) in [6.45, 7) is 8.39. The van der Waals surface area contributed by atoms with Crippen molar-refractivity contribution in [2.45, 2.75) is 46.6 Å². The number of hydrogen-bond acceptors (Lipinski definition) is 6. The summed E-state index contributed by atoms with van der Waals surface area (Å²) < 4.78 is 5.38. The Labute approximate surface area is 129 Å². The van der Waals surface area contributed by atoms with E-state index in [9.17, 15) is 9.59 Å². The SMILES string of the molecule is CC(C)(C)CC(=O)OOc1coc(CN2CCCC2)cc1=O. The Kier molecular flexibility index (Phi) is 5.24. The molecule has 0 bridgehead atoms. The van der Waals surface area contributed by atoms with Crippen molar-refractivity contribution < 1.29 is 19.0 Å². The normalized spacial score (nSPS) is 15.8. The zero-order valence-electron chi connectivity index (χ0n) is 13.4. The van der Waals surface area contributed by atoms with Crippen molar-refractivity contribution in [1.29, 1.82) is 0 Å². The van der Waals surface area contributed by atoms with Gasteiger partial charge in [0.05, 0.1) is 13.0 Å². The quantitative estimate of drug-likeness (QED) is 0.615. The molecule has 0 unspecified atom stereocenters. The van der Waals surface area contributed by atoms with E-state index in [0.717, 1.165) is 13.1 Å². The minimum atomic E-state index is -0.520. The maximum Gasteiger partial charge on any atom is 0.355 e. The molecule has 1 saturated heterocycles. The van der Waals surface area contributed by atoms with E-state index in [-0.39, 0.29) is 23.0 Å². The Morgan fingerprint density at radius 3 is 2.59 bits per heavy atom. The van der Waals surface area contributed by atoms with Crippen LogP contribution >= 0.6 is 0 Å². The number of carbonyl (C=O) groups is 1. The van der Waals surface area contributed by atoms with Gasteiger partial charge in [-0.1, -0.05) is 20.8 Å². The molecule has 1 fully saturated rings. The number of carbonyl (C=O) groups excluding carboxylic acids is 1. The van der Waals surface area contributed by atoms with Gasteiger partial charge >= 0.3 is 5.97 Å². The van der Waals surface area contributed by atoms with Crippen LogP contribution in [0.15, 0.2) is 21.5 Å². The van der Waals surface area contributed by atoms with Crippen molar-refractivity contribution in [2.24, 2.45) is 5.41 Å². The summed E-state index contributed by atoms with van der Waals surface area (Å²) in [7, 11) is 0. The molecule has 0 amide bonds. The second-order valence-corrected chi connectivity index (χ2v) is 6.83. The molecular formula is C16H23NO5. The van der Waals surface area contributed by atoms with Gasteiger partial charge in [-0.15, -0.1) is 0 Å². The van der Waals surface area contributed by atoms with Crippen molar-refractivity contribution in [1.82, 2.24) is 4.90 Å². The third kappa shape index (κ3) is 5.18. The van der Waals surface area contributed by atoms with Gasteiger partial charge in [0.25, 0.3) is 5.75 Å². The molecule has 0 N–H and O–H groups in total. The van der Waals surface area contributed by atoms with Crippen LogP contribution in [0.1, 0.15) is 45.8 Å². The van der Waals surface area contributed by atoms with E-state index in [0.29, 0.717) is 12.3 Å². The summed E-state index contributed by atoms with van der Waals surface area (Å²) >= 11 is 0. The maximum absolute atomic E-state index is 11.9. The van der Waals surface area contributed by atoms with Gasteiger partial charge in [-0.25, -0.2) is 4.79 Å². The topological polar surface area (TPSA) is 69.0 Å². The maximum atomic E-state index is 11.9. The zero-order valence-corrected chi connectivity index (χ0v) is 13.4. The van der Waals surface area contributed by atoms with Crippen LogP contribution in [0, 0.1) is 5.41 Å². The van der Waals surface area contributed by atoms with Crippen LogP contribution in [-0.4, -0.2) is 24.0 Å². The predicted octanol–water partition coefficient (Wildman–Crippen LogP) is 2.51. The first kappa shape index (κ1) is 16.5. The number of hydrogen-bond donors (Lipinski definition) is 0. The van der Waals surface area contributed by atoms with Crippen LogP contribution in [0.5, 0.6) is 5.75 Å². The van der Waals surface area contributed by atoms with Crippen LogP contribution in [0.3, 0.4) is 0 Å². The largest absolute Gasteiger partial charge is 0.464 e. The van der Waals surface area contributed by atoms with Gasteiger partial charge in [0.2, 0.25) is 5.43 Å². The van der Waals surface area contributed by atoms with Gasteiger partial charge in [0.1, 0.15) is 12.0 Å². The van der Waals surface area contributed by atoms with Gasteiger partial charge in [0, 0.05) is 6.07 Å². The Balaban J connectivity index is 1.89. The Hall–Kier alpha value is -1.82. The molecule has 0 aromatic carbocycles. The summed E-state index contributed by atoms with van der Waals surface area (Å²) in [5.41, 5.74) is -0.561. The fourth-order valence-electron chi connectivity index (χ4n) is 2.30. The smallest absolute Gasteiger partial charge is 0.355 e. The van der Waals surface area contributed by atoms with Crippen molar-refractivity contribution in [3.8, 4) is 5.75 Å². The molecule has 1 aliphatic rings. The lowest BCUT2D eigenvalue weighted by molar-refractivity contribution is -0.216. The molecule has 0 radical (unpaired) electrons. The monoisotopic (exact) mass is 309 g/mol. The standard InChI is InChI=1S/C16H23NO5/c1-16(2,3)9-15(19)22-21-14-11-20-12(8-13(14)18)10-17-6-4-5-7-17/h8,11H,4-7,9-10H2,1-3H3. The van der Waals surface area contributed by atoms with Crippen LogP contribution < -0.4 is 10.3 Å². The summed E-state index contributed by atoms with van der Waals surface area (Å²) in [5.74, 6) is -0.0549. The van der Waals surface area contributed by atoms with Gasteiger partial charge < -0.3 is 4.42 Å². The van der Waals surface area contributed by atoms with E-state index >= 15 is 0 Å². The van der Waals surface area contributed by atoms with Crippen molar-refractivity contribution in [2.75, 3.05) is 13.1 Å². The molecule has 2 rings (SSSR count). The molecule has 1 aromatic heterocycles.